The molecule has 0 unspecified atom stereocenters. The summed E-state index contributed by atoms with van der Waals surface area (Å²) in [5.74, 6) is 0.183. The second-order valence-electron chi connectivity index (χ2n) is 6.24. The molecule has 0 fully saturated rings. The minimum absolute atomic E-state index is 0.140. The van der Waals surface area contributed by atoms with Crippen LogP contribution in [-0.2, 0) is 16.1 Å². The molecule has 0 aliphatic heterocycles. The first-order chi connectivity index (χ1) is 14.0. The number of carbonyl (C=O) groups is 2. The predicted octanol–water partition coefficient (Wildman–Crippen LogP) is 3.79. The van der Waals surface area contributed by atoms with Crippen LogP contribution in [0.15, 0.2) is 53.7 Å². The van der Waals surface area contributed by atoms with E-state index in [-0.39, 0.29) is 11.7 Å². The largest absolute Gasteiger partial charge is 0.465 e. The van der Waals surface area contributed by atoms with Crippen LogP contribution in [0.5, 0.6) is 0 Å². The number of amides is 1. The minimum Gasteiger partial charge on any atom is -0.465 e. The summed E-state index contributed by atoms with van der Waals surface area (Å²) in [7, 11) is 1.31. The van der Waals surface area contributed by atoms with Crippen molar-refractivity contribution in [2.75, 3.05) is 18.2 Å². The van der Waals surface area contributed by atoms with Crippen molar-refractivity contribution in [3.8, 4) is 11.4 Å². The van der Waals surface area contributed by atoms with Crippen LogP contribution in [0, 0.1) is 6.92 Å². The molecule has 1 heterocycles. The van der Waals surface area contributed by atoms with Gasteiger partial charge in [0, 0.05) is 12.1 Å². The van der Waals surface area contributed by atoms with E-state index in [4.69, 9.17) is 4.74 Å². The molecule has 2 aromatic carbocycles. The number of anilines is 1. The first-order valence-corrected chi connectivity index (χ1v) is 10.1. The molecule has 0 spiro atoms. The molecule has 1 aromatic heterocycles. The number of carbonyl (C=O) groups excluding carboxylic acids is 2. The fraction of sp³-hybridized carbons (Fsp3) is 0.238. The molecule has 0 aliphatic rings. The number of aromatic nitrogens is 3. The summed E-state index contributed by atoms with van der Waals surface area (Å²) >= 11 is 1.30. The van der Waals surface area contributed by atoms with Crippen LogP contribution in [0.1, 0.15) is 22.8 Å². The molecule has 3 rings (SSSR count). The van der Waals surface area contributed by atoms with Crippen molar-refractivity contribution in [3.05, 3.63) is 59.7 Å². The van der Waals surface area contributed by atoms with Crippen molar-refractivity contribution in [2.45, 2.75) is 25.5 Å². The van der Waals surface area contributed by atoms with Gasteiger partial charge in [0.05, 0.1) is 24.1 Å². The molecule has 0 radical (unpaired) electrons. The maximum atomic E-state index is 12.4. The second kappa shape index (κ2) is 9.38. The molecule has 0 atom stereocenters. The molecular weight excluding hydrogens is 388 g/mol. The van der Waals surface area contributed by atoms with Gasteiger partial charge in [0.15, 0.2) is 11.0 Å². The topological polar surface area (TPSA) is 86.1 Å². The van der Waals surface area contributed by atoms with E-state index >= 15 is 0 Å². The molecule has 0 aliphatic carbocycles. The number of methoxy groups -OCH3 is 1. The van der Waals surface area contributed by atoms with E-state index in [0.717, 1.165) is 17.0 Å². The van der Waals surface area contributed by atoms with Gasteiger partial charge >= 0.3 is 5.97 Å². The highest BCUT2D eigenvalue weighted by atomic mass is 32.2. The zero-order valence-corrected chi connectivity index (χ0v) is 17.3. The predicted molar refractivity (Wildman–Crippen MR) is 113 cm³/mol. The van der Waals surface area contributed by atoms with Gasteiger partial charge in [-0.25, -0.2) is 4.79 Å². The lowest BCUT2D eigenvalue weighted by Crippen LogP contribution is -2.17. The van der Waals surface area contributed by atoms with Crippen LogP contribution in [0.3, 0.4) is 0 Å². The van der Waals surface area contributed by atoms with Gasteiger partial charge in [-0.1, -0.05) is 48.2 Å². The Hall–Kier alpha value is -3.13. The fourth-order valence-electron chi connectivity index (χ4n) is 2.90. The Morgan fingerprint density at radius 3 is 2.55 bits per heavy atom. The van der Waals surface area contributed by atoms with E-state index in [1.54, 1.807) is 24.3 Å². The molecule has 29 heavy (non-hydrogen) atoms. The third-order valence-corrected chi connectivity index (χ3v) is 5.32. The van der Waals surface area contributed by atoms with Crippen LogP contribution in [0.2, 0.25) is 0 Å². The van der Waals surface area contributed by atoms with E-state index in [2.05, 4.69) is 15.5 Å². The van der Waals surface area contributed by atoms with Crippen LogP contribution < -0.4 is 5.32 Å². The monoisotopic (exact) mass is 410 g/mol. The smallest absolute Gasteiger partial charge is 0.339 e. The Kier molecular flexibility index (Phi) is 6.66. The van der Waals surface area contributed by atoms with E-state index in [9.17, 15) is 9.59 Å². The van der Waals surface area contributed by atoms with Crippen molar-refractivity contribution in [3.63, 3.8) is 0 Å². The molecule has 0 saturated carbocycles. The molecule has 150 valence electrons. The van der Waals surface area contributed by atoms with Crippen molar-refractivity contribution in [1.82, 2.24) is 14.8 Å². The summed E-state index contributed by atoms with van der Waals surface area (Å²) in [6.45, 7) is 4.73. The number of nitrogens with one attached hydrogen (secondary N) is 1. The van der Waals surface area contributed by atoms with Gasteiger partial charge in [0.2, 0.25) is 5.91 Å². The van der Waals surface area contributed by atoms with Gasteiger partial charge in [-0.15, -0.1) is 10.2 Å². The van der Waals surface area contributed by atoms with Crippen molar-refractivity contribution < 1.29 is 14.3 Å². The first-order valence-electron chi connectivity index (χ1n) is 9.14. The Bertz CT molecular complexity index is 1030. The fourth-order valence-corrected chi connectivity index (χ4v) is 3.70. The number of hydrogen-bond acceptors (Lipinski definition) is 6. The lowest BCUT2D eigenvalue weighted by Gasteiger charge is -2.10. The summed E-state index contributed by atoms with van der Waals surface area (Å²) in [6, 6.07) is 14.7. The Morgan fingerprint density at radius 2 is 1.83 bits per heavy atom. The molecule has 1 N–H and O–H groups in total. The number of esters is 1. The molecule has 0 saturated heterocycles. The van der Waals surface area contributed by atoms with Crippen LogP contribution in [0.4, 0.5) is 5.69 Å². The van der Waals surface area contributed by atoms with E-state index < -0.39 is 5.97 Å². The minimum atomic E-state index is -0.498. The second-order valence-corrected chi connectivity index (χ2v) is 7.18. The quantitative estimate of drug-likeness (QED) is 0.471. The molecule has 8 heteroatoms. The average molecular weight is 410 g/mol. The highest BCUT2D eigenvalue weighted by Crippen LogP contribution is 2.26. The lowest BCUT2D eigenvalue weighted by molar-refractivity contribution is -0.113. The molecular formula is C21H22N4O3S. The summed E-state index contributed by atoms with van der Waals surface area (Å²) < 4.78 is 6.74. The number of thioether (sulfide) groups is 1. The Balaban J connectivity index is 1.72. The first kappa shape index (κ1) is 20.6. The number of aryl methyl sites for hydroxylation is 1. The zero-order valence-electron chi connectivity index (χ0n) is 16.5. The van der Waals surface area contributed by atoms with Crippen LogP contribution in [-0.4, -0.2) is 39.5 Å². The number of hydrogen-bond donors (Lipinski definition) is 1. The van der Waals surface area contributed by atoms with Gasteiger partial charge < -0.3 is 14.6 Å². The zero-order chi connectivity index (χ0) is 20.8. The van der Waals surface area contributed by atoms with Crippen LogP contribution in [0.25, 0.3) is 11.4 Å². The van der Waals surface area contributed by atoms with E-state index in [0.29, 0.717) is 23.0 Å². The van der Waals surface area contributed by atoms with E-state index in [1.165, 1.54) is 18.9 Å². The van der Waals surface area contributed by atoms with Gasteiger partial charge in [-0.3, -0.25) is 4.79 Å². The number of nitrogens with zero attached hydrogens (tertiary/aromatic N) is 3. The highest BCUT2D eigenvalue weighted by molar-refractivity contribution is 7.99. The number of rotatable bonds is 7. The molecule has 0 bridgehead atoms. The summed E-state index contributed by atoms with van der Waals surface area (Å²) in [4.78, 5) is 24.3. The average Bonchev–Trinajstić information content (AvgIpc) is 3.15. The number of benzene rings is 2. The van der Waals surface area contributed by atoms with Gasteiger partial charge in [-0.2, -0.15) is 0 Å². The third-order valence-electron chi connectivity index (χ3n) is 4.36. The molecule has 7 nitrogen and oxygen atoms in total. The third kappa shape index (κ3) is 4.65. The number of para-hydroxylation sites is 1. The summed E-state index contributed by atoms with van der Waals surface area (Å²) in [5.41, 5.74) is 2.86. The number of ether oxygens (including phenoxy) is 1. The SMILES string of the molecule is CCn1c(SCC(=O)Nc2ccccc2C(=O)OC)nnc1-c1ccccc1C. The standard InChI is InChI=1S/C21H22N4O3S/c1-4-25-19(15-10-6-5-9-14(15)2)23-24-21(25)29-13-18(26)22-17-12-8-7-11-16(17)20(27)28-3/h5-12H,4,13H2,1-3H3,(H,22,26). The lowest BCUT2D eigenvalue weighted by atomic mass is 10.1. The normalized spacial score (nSPS) is 10.6. The maximum absolute atomic E-state index is 12.4. The maximum Gasteiger partial charge on any atom is 0.339 e. The molecule has 1 amide bonds. The highest BCUT2D eigenvalue weighted by Gasteiger charge is 2.17. The molecule has 3 aromatic rings. The summed E-state index contributed by atoms with van der Waals surface area (Å²) in [5, 5.41) is 12.0. The van der Waals surface area contributed by atoms with Gasteiger partial charge in [-0.05, 0) is 31.5 Å². The Morgan fingerprint density at radius 1 is 1.10 bits per heavy atom. The summed E-state index contributed by atoms with van der Waals surface area (Å²) in [6.07, 6.45) is 0. The van der Waals surface area contributed by atoms with Crippen molar-refractivity contribution >= 4 is 29.3 Å². The van der Waals surface area contributed by atoms with Crippen LogP contribution >= 0.6 is 11.8 Å². The van der Waals surface area contributed by atoms with E-state index in [1.807, 2.05) is 42.7 Å². The van der Waals surface area contributed by atoms with Gasteiger partial charge in [0.25, 0.3) is 0 Å². The van der Waals surface area contributed by atoms with Gasteiger partial charge in [0.1, 0.15) is 0 Å². The van der Waals surface area contributed by atoms with Crippen molar-refractivity contribution in [1.29, 1.82) is 0 Å². The van der Waals surface area contributed by atoms with Crippen molar-refractivity contribution in [2.24, 2.45) is 0 Å². The Labute approximate surface area is 173 Å².